The van der Waals surface area contributed by atoms with Crippen molar-refractivity contribution < 1.29 is 18.4 Å². The Morgan fingerprint density at radius 1 is 0.812 bits per heavy atom. The lowest BCUT2D eigenvalue weighted by Crippen LogP contribution is -2.22. The van der Waals surface area contributed by atoms with E-state index < -0.39 is 17.0 Å². The van der Waals surface area contributed by atoms with Crippen LogP contribution in [0, 0.1) is 6.92 Å². The van der Waals surface area contributed by atoms with Gasteiger partial charge in [-0.05, 0) is 36.8 Å². The highest BCUT2D eigenvalue weighted by Crippen LogP contribution is 2.31. The molecule has 0 atom stereocenters. The van der Waals surface area contributed by atoms with Crippen LogP contribution in [0.5, 0.6) is 5.75 Å². The van der Waals surface area contributed by atoms with E-state index in [-0.39, 0.29) is 22.5 Å². The number of hydrogen-bond donors (Lipinski definition) is 0. The highest BCUT2D eigenvalue weighted by atomic mass is 16.5. The molecule has 0 radical (unpaired) electrons. The van der Waals surface area contributed by atoms with Crippen molar-refractivity contribution in [2.45, 2.75) is 6.92 Å². The molecule has 0 amide bonds. The average molecular weight is 424 g/mol. The fraction of sp³-hybridized carbons (Fsp3) is 0.0385. The summed E-state index contributed by atoms with van der Waals surface area (Å²) in [6.07, 6.45) is 0. The zero-order valence-corrected chi connectivity index (χ0v) is 17.0. The molecule has 3 aromatic carbocycles. The third-order valence-corrected chi connectivity index (χ3v) is 5.10. The zero-order valence-electron chi connectivity index (χ0n) is 17.0. The Kier molecular flexibility index (Phi) is 4.67. The van der Waals surface area contributed by atoms with Crippen LogP contribution in [0.2, 0.25) is 0 Å². The van der Waals surface area contributed by atoms with E-state index in [4.69, 9.17) is 13.6 Å². The summed E-state index contributed by atoms with van der Waals surface area (Å²) in [5.41, 5.74) is 0.517. The first-order chi connectivity index (χ1) is 15.5. The fourth-order valence-corrected chi connectivity index (χ4v) is 3.51. The zero-order chi connectivity index (χ0) is 22.2. The maximum atomic E-state index is 13.3. The molecule has 32 heavy (non-hydrogen) atoms. The number of fused-ring (bicyclic) bond motifs is 2. The van der Waals surface area contributed by atoms with Gasteiger partial charge in [-0.1, -0.05) is 54.6 Å². The van der Waals surface area contributed by atoms with E-state index in [1.54, 1.807) is 66.7 Å². The number of carbonyl (C=O) groups is 1. The van der Waals surface area contributed by atoms with Crippen molar-refractivity contribution in [1.29, 1.82) is 0 Å². The van der Waals surface area contributed by atoms with Crippen molar-refractivity contribution >= 4 is 27.9 Å². The van der Waals surface area contributed by atoms with E-state index in [0.717, 1.165) is 5.56 Å². The Hall–Kier alpha value is -4.45. The number of para-hydroxylation sites is 1. The number of hydrogen-bond acceptors (Lipinski definition) is 6. The molecule has 0 bridgehead atoms. The third-order valence-electron chi connectivity index (χ3n) is 5.10. The minimum Gasteiger partial charge on any atom is -0.452 e. The van der Waals surface area contributed by atoms with Gasteiger partial charge in [-0.3, -0.25) is 4.79 Å². The van der Waals surface area contributed by atoms with Gasteiger partial charge < -0.3 is 13.6 Å². The molecule has 5 rings (SSSR count). The van der Waals surface area contributed by atoms with Crippen LogP contribution < -0.4 is 15.8 Å². The first kappa shape index (κ1) is 19.5. The minimum atomic E-state index is -1.000. The van der Waals surface area contributed by atoms with Gasteiger partial charge in [0.2, 0.25) is 11.2 Å². The number of rotatable bonds is 3. The van der Waals surface area contributed by atoms with Crippen molar-refractivity contribution in [3.63, 3.8) is 0 Å². The summed E-state index contributed by atoms with van der Waals surface area (Å²) in [6, 6.07) is 22.2. The Morgan fingerprint density at radius 2 is 1.56 bits per heavy atom. The monoisotopic (exact) mass is 424 g/mol. The van der Waals surface area contributed by atoms with Crippen molar-refractivity contribution in [3.8, 4) is 17.1 Å². The van der Waals surface area contributed by atoms with E-state index in [0.29, 0.717) is 22.1 Å². The second-order valence-electron chi connectivity index (χ2n) is 7.33. The molecule has 0 fully saturated rings. The van der Waals surface area contributed by atoms with Crippen molar-refractivity contribution in [3.05, 3.63) is 111 Å². The Labute approximate surface area is 181 Å². The van der Waals surface area contributed by atoms with Crippen LogP contribution in [0.4, 0.5) is 0 Å². The molecule has 0 aliphatic heterocycles. The molecule has 2 heterocycles. The Bertz CT molecular complexity index is 1610. The molecule has 0 N–H and O–H groups in total. The lowest BCUT2D eigenvalue weighted by Gasteiger charge is -2.11. The summed E-state index contributed by atoms with van der Waals surface area (Å²) in [6.45, 7) is 1.88. The summed E-state index contributed by atoms with van der Waals surface area (Å²) in [5.74, 6) is -1.18. The topological polar surface area (TPSA) is 86.7 Å². The third kappa shape index (κ3) is 3.37. The maximum absolute atomic E-state index is 13.3. The van der Waals surface area contributed by atoms with Gasteiger partial charge in [0.25, 0.3) is 0 Å². The molecule has 156 valence electrons. The smallest absolute Gasteiger partial charge is 0.351 e. The van der Waals surface area contributed by atoms with Crippen molar-refractivity contribution in [2.75, 3.05) is 0 Å². The predicted molar refractivity (Wildman–Crippen MR) is 120 cm³/mol. The summed E-state index contributed by atoms with van der Waals surface area (Å²) in [5, 5.41) is 0.826. The van der Waals surface area contributed by atoms with E-state index in [9.17, 15) is 14.4 Å². The second-order valence-corrected chi connectivity index (χ2v) is 7.33. The maximum Gasteiger partial charge on any atom is 0.351 e. The molecule has 6 heteroatoms. The summed E-state index contributed by atoms with van der Waals surface area (Å²) in [4.78, 5) is 38.6. The van der Waals surface area contributed by atoms with Crippen LogP contribution in [-0.2, 0) is 0 Å². The highest BCUT2D eigenvalue weighted by molar-refractivity contribution is 5.95. The van der Waals surface area contributed by atoms with Gasteiger partial charge in [0, 0.05) is 10.9 Å². The van der Waals surface area contributed by atoms with Crippen LogP contribution in [0.25, 0.3) is 33.3 Å². The lowest BCUT2D eigenvalue weighted by molar-refractivity contribution is 0.0727. The van der Waals surface area contributed by atoms with Gasteiger partial charge in [0.1, 0.15) is 16.7 Å². The van der Waals surface area contributed by atoms with Gasteiger partial charge in [-0.15, -0.1) is 0 Å². The standard InChI is InChI=1S/C26H16O6/c1-15-11-12-18-21(13-15)30-23(16-7-3-2-4-8-16)24(22(18)27)32-26(29)19-14-17-9-5-6-10-20(17)31-25(19)28/h2-14H,1H3. The first-order valence-corrected chi connectivity index (χ1v) is 9.89. The molecule has 0 saturated carbocycles. The molecular weight excluding hydrogens is 408 g/mol. The van der Waals surface area contributed by atoms with E-state index in [1.807, 2.05) is 13.0 Å². The van der Waals surface area contributed by atoms with E-state index in [2.05, 4.69) is 0 Å². The van der Waals surface area contributed by atoms with Crippen molar-refractivity contribution in [2.24, 2.45) is 0 Å². The normalized spacial score (nSPS) is 11.0. The molecule has 0 unspecified atom stereocenters. The SMILES string of the molecule is Cc1ccc2c(=O)c(OC(=O)c3cc4ccccc4oc3=O)c(-c3ccccc3)oc2c1. The number of esters is 1. The van der Waals surface area contributed by atoms with Crippen LogP contribution in [0.3, 0.4) is 0 Å². The molecule has 2 aromatic heterocycles. The summed E-state index contributed by atoms with van der Waals surface area (Å²) >= 11 is 0. The van der Waals surface area contributed by atoms with E-state index in [1.165, 1.54) is 6.07 Å². The highest BCUT2D eigenvalue weighted by Gasteiger charge is 2.23. The fourth-order valence-electron chi connectivity index (χ4n) is 3.51. The molecular formula is C26H16O6. The lowest BCUT2D eigenvalue weighted by atomic mass is 10.1. The van der Waals surface area contributed by atoms with Gasteiger partial charge in [-0.2, -0.15) is 0 Å². The quantitative estimate of drug-likeness (QED) is 0.296. The average Bonchev–Trinajstić information content (AvgIpc) is 2.80. The first-order valence-electron chi connectivity index (χ1n) is 9.89. The summed E-state index contributed by atoms with van der Waals surface area (Å²) in [7, 11) is 0. The molecule has 0 spiro atoms. The molecule has 0 saturated heterocycles. The molecule has 0 aliphatic carbocycles. The molecule has 6 nitrogen and oxygen atoms in total. The van der Waals surface area contributed by atoms with Crippen LogP contribution >= 0.6 is 0 Å². The Balaban J connectivity index is 1.68. The largest absolute Gasteiger partial charge is 0.452 e. The van der Waals surface area contributed by atoms with Crippen molar-refractivity contribution in [1.82, 2.24) is 0 Å². The van der Waals surface area contributed by atoms with Crippen LogP contribution in [0.1, 0.15) is 15.9 Å². The minimum absolute atomic E-state index is 0.104. The van der Waals surface area contributed by atoms with Gasteiger partial charge in [0.15, 0.2) is 5.76 Å². The van der Waals surface area contributed by atoms with Crippen LogP contribution in [0.15, 0.2) is 97.3 Å². The second kappa shape index (κ2) is 7.67. The number of ether oxygens (including phenoxy) is 1. The summed E-state index contributed by atoms with van der Waals surface area (Å²) < 4.78 is 16.7. The van der Waals surface area contributed by atoms with Gasteiger partial charge in [-0.25, -0.2) is 9.59 Å². The number of carbonyl (C=O) groups excluding carboxylic acids is 1. The number of aryl methyl sites for hydroxylation is 1. The van der Waals surface area contributed by atoms with Gasteiger partial charge >= 0.3 is 11.6 Å². The Morgan fingerprint density at radius 3 is 2.38 bits per heavy atom. The van der Waals surface area contributed by atoms with Crippen LogP contribution in [-0.4, -0.2) is 5.97 Å². The molecule has 0 aliphatic rings. The van der Waals surface area contributed by atoms with E-state index >= 15 is 0 Å². The molecule has 5 aromatic rings. The number of benzene rings is 3. The predicted octanol–water partition coefficient (Wildman–Crippen LogP) is 5.09. The van der Waals surface area contributed by atoms with Gasteiger partial charge in [0.05, 0.1) is 5.39 Å².